The number of hydrogen-bond acceptors (Lipinski definition) is 2. The summed E-state index contributed by atoms with van der Waals surface area (Å²) in [5.41, 5.74) is 17.5. The number of rotatable bonds is 3. The number of fused-ring (bicyclic) bond motifs is 9. The number of hydrogen-bond donors (Lipinski definition) is 0. The quantitative estimate of drug-likeness (QED) is 0.211. The topological polar surface area (TPSA) is 25.8 Å². The Kier molecular flexibility index (Phi) is 5.50. The van der Waals surface area contributed by atoms with Crippen LogP contribution in [0.3, 0.4) is 0 Å². The predicted octanol–water partition coefficient (Wildman–Crippen LogP) is 10.8. The van der Waals surface area contributed by atoms with E-state index in [0.717, 1.165) is 29.2 Å². The van der Waals surface area contributed by atoms with Crippen molar-refractivity contribution in [3.8, 4) is 45.0 Å². The van der Waals surface area contributed by atoms with E-state index >= 15 is 0 Å². The smallest absolute Gasteiger partial charge is 0.0935 e. The number of nitrogens with zero attached hydrogens (tertiary/aromatic N) is 2. The lowest BCUT2D eigenvalue weighted by Crippen LogP contribution is -2.24. The van der Waals surface area contributed by atoms with Gasteiger partial charge >= 0.3 is 0 Å². The number of aromatic nitrogens is 2. The Labute approximate surface area is 266 Å². The molecular weight excluding hydrogens is 544 g/mol. The summed E-state index contributed by atoms with van der Waals surface area (Å²) in [6.45, 7) is 11.7. The van der Waals surface area contributed by atoms with Gasteiger partial charge in [0.05, 0.1) is 22.8 Å². The van der Waals surface area contributed by atoms with Gasteiger partial charge in [-0.15, -0.1) is 0 Å². The molecule has 0 saturated heterocycles. The summed E-state index contributed by atoms with van der Waals surface area (Å²) in [5.74, 6) is 1.28. The fourth-order valence-corrected chi connectivity index (χ4v) is 9.01. The third-order valence-electron chi connectivity index (χ3n) is 11.5. The summed E-state index contributed by atoms with van der Waals surface area (Å²) in [4.78, 5) is 10.8. The van der Waals surface area contributed by atoms with Crippen LogP contribution >= 0.6 is 0 Å². The molecule has 0 spiro atoms. The highest BCUT2D eigenvalue weighted by Gasteiger charge is 2.44. The molecule has 5 aromatic rings. The summed E-state index contributed by atoms with van der Waals surface area (Å²) in [7, 11) is 0. The first kappa shape index (κ1) is 26.8. The van der Waals surface area contributed by atoms with Gasteiger partial charge in [0, 0.05) is 28.4 Å². The van der Waals surface area contributed by atoms with E-state index in [1.54, 1.807) is 0 Å². The van der Waals surface area contributed by atoms with Crippen molar-refractivity contribution in [3.63, 3.8) is 0 Å². The molecule has 0 radical (unpaired) electrons. The number of benzene rings is 3. The maximum atomic E-state index is 5.38. The van der Waals surface area contributed by atoms with Crippen molar-refractivity contribution in [3.05, 3.63) is 143 Å². The zero-order valence-corrected chi connectivity index (χ0v) is 26.7. The van der Waals surface area contributed by atoms with Gasteiger partial charge in [0.15, 0.2) is 0 Å². The van der Waals surface area contributed by atoms with Crippen LogP contribution in [0.2, 0.25) is 0 Å². The Bertz CT molecular complexity index is 2120. The second-order valence-corrected chi connectivity index (χ2v) is 14.5. The molecular formula is C43H38N2. The van der Waals surface area contributed by atoms with Crippen LogP contribution in [0.5, 0.6) is 0 Å². The van der Waals surface area contributed by atoms with Crippen molar-refractivity contribution >= 4 is 0 Å². The lowest BCUT2D eigenvalue weighted by Gasteiger charge is -2.29. The first-order valence-corrected chi connectivity index (χ1v) is 16.5. The van der Waals surface area contributed by atoms with Crippen molar-refractivity contribution in [1.82, 2.24) is 9.97 Å². The molecule has 3 unspecified atom stereocenters. The molecule has 2 heteroatoms. The van der Waals surface area contributed by atoms with E-state index in [1.165, 1.54) is 55.6 Å². The normalized spacial score (nSPS) is 21.9. The Balaban J connectivity index is 1.13. The Morgan fingerprint density at radius 2 is 1.20 bits per heavy atom. The van der Waals surface area contributed by atoms with Crippen LogP contribution in [-0.2, 0) is 10.8 Å². The average Bonchev–Trinajstić information content (AvgIpc) is 3.60. The van der Waals surface area contributed by atoms with E-state index in [2.05, 4.69) is 144 Å². The molecule has 0 fully saturated rings. The SMILES string of the molecule is CCC1c2ccc(-c3ccc4c(c3)C(C)(C)c3ccccc3-4)nc2-c2nc(-c3ccc4c(c3)C(C)(C)C3C=CC=CC43)ccc21. The largest absolute Gasteiger partial charge is 0.246 e. The highest BCUT2D eigenvalue weighted by Crippen LogP contribution is 2.54. The third-order valence-corrected chi connectivity index (χ3v) is 11.5. The van der Waals surface area contributed by atoms with Crippen LogP contribution < -0.4 is 0 Å². The second-order valence-electron chi connectivity index (χ2n) is 14.5. The molecule has 2 heterocycles. The lowest BCUT2D eigenvalue weighted by molar-refractivity contribution is 0.394. The van der Waals surface area contributed by atoms with Gasteiger partial charge in [0.1, 0.15) is 0 Å². The standard InChI is InChI=1S/C43H38N2/c1-6-27-32-19-21-38(25-15-17-30-28-11-7-9-13-34(28)42(2,3)36(30)23-25)44-40(32)41-33(27)20-22-39(45-41)26-16-18-31-29-12-8-10-14-35(29)43(4,5)37(31)24-26/h7-24,27-28,34H,6H2,1-5H3. The van der Waals surface area contributed by atoms with Crippen LogP contribution in [0.1, 0.15) is 86.3 Å². The second kappa shape index (κ2) is 9.23. The summed E-state index contributed by atoms with van der Waals surface area (Å²) >= 11 is 0. The fraction of sp³-hybridized carbons (Fsp3) is 0.256. The summed E-state index contributed by atoms with van der Waals surface area (Å²) in [5, 5.41) is 0. The summed E-state index contributed by atoms with van der Waals surface area (Å²) in [6, 6.07) is 31.8. The molecule has 220 valence electrons. The Morgan fingerprint density at radius 1 is 0.600 bits per heavy atom. The van der Waals surface area contributed by atoms with Crippen LogP contribution in [-0.4, -0.2) is 9.97 Å². The van der Waals surface area contributed by atoms with E-state index in [4.69, 9.17) is 9.97 Å². The predicted molar refractivity (Wildman–Crippen MR) is 186 cm³/mol. The highest BCUT2D eigenvalue weighted by molar-refractivity contribution is 5.84. The first-order valence-electron chi connectivity index (χ1n) is 16.5. The maximum absolute atomic E-state index is 5.38. The Hall–Kier alpha value is -4.56. The minimum atomic E-state index is -0.0379. The van der Waals surface area contributed by atoms with E-state index in [9.17, 15) is 0 Å². The fourth-order valence-electron chi connectivity index (χ4n) is 9.01. The molecule has 2 nitrogen and oxygen atoms in total. The molecule has 9 rings (SSSR count). The van der Waals surface area contributed by atoms with Gasteiger partial charge in [-0.25, -0.2) is 9.97 Å². The van der Waals surface area contributed by atoms with E-state index in [0.29, 0.717) is 17.8 Å². The van der Waals surface area contributed by atoms with Gasteiger partial charge < -0.3 is 0 Å². The van der Waals surface area contributed by atoms with Crippen molar-refractivity contribution in [1.29, 1.82) is 0 Å². The maximum Gasteiger partial charge on any atom is 0.0935 e. The van der Waals surface area contributed by atoms with Crippen LogP contribution in [0.15, 0.2) is 109 Å². The Morgan fingerprint density at radius 3 is 1.91 bits per heavy atom. The van der Waals surface area contributed by atoms with Gasteiger partial charge in [-0.3, -0.25) is 0 Å². The van der Waals surface area contributed by atoms with Gasteiger partial charge in [-0.1, -0.05) is 120 Å². The van der Waals surface area contributed by atoms with Crippen molar-refractivity contribution in [2.45, 2.75) is 63.7 Å². The minimum absolute atomic E-state index is 0.0379. The van der Waals surface area contributed by atoms with Crippen LogP contribution in [0.4, 0.5) is 0 Å². The molecule has 3 atom stereocenters. The molecule has 0 aliphatic heterocycles. The average molecular weight is 583 g/mol. The summed E-state index contributed by atoms with van der Waals surface area (Å²) in [6.07, 6.45) is 10.2. The minimum Gasteiger partial charge on any atom is -0.246 e. The van der Waals surface area contributed by atoms with Gasteiger partial charge in [0.2, 0.25) is 0 Å². The van der Waals surface area contributed by atoms with Gasteiger partial charge in [-0.05, 0) is 86.5 Å². The molecule has 0 amide bonds. The van der Waals surface area contributed by atoms with E-state index in [-0.39, 0.29) is 10.8 Å². The van der Waals surface area contributed by atoms with Gasteiger partial charge in [0.25, 0.3) is 0 Å². The molecule has 45 heavy (non-hydrogen) atoms. The van der Waals surface area contributed by atoms with Crippen LogP contribution in [0.25, 0.3) is 45.0 Å². The zero-order valence-electron chi connectivity index (χ0n) is 26.7. The lowest BCUT2D eigenvalue weighted by atomic mass is 9.74. The third kappa shape index (κ3) is 3.63. The van der Waals surface area contributed by atoms with E-state index < -0.39 is 0 Å². The van der Waals surface area contributed by atoms with Crippen molar-refractivity contribution in [2.24, 2.45) is 5.92 Å². The first-order chi connectivity index (χ1) is 21.8. The van der Waals surface area contributed by atoms with E-state index in [1.807, 2.05) is 0 Å². The monoisotopic (exact) mass is 582 g/mol. The molecule has 0 N–H and O–H groups in total. The number of allylic oxidation sites excluding steroid dienone is 4. The zero-order chi connectivity index (χ0) is 30.7. The summed E-state index contributed by atoms with van der Waals surface area (Å²) < 4.78 is 0. The van der Waals surface area contributed by atoms with Crippen molar-refractivity contribution < 1.29 is 0 Å². The van der Waals surface area contributed by atoms with Gasteiger partial charge in [-0.2, -0.15) is 0 Å². The van der Waals surface area contributed by atoms with Crippen molar-refractivity contribution in [2.75, 3.05) is 0 Å². The molecule has 3 aromatic carbocycles. The molecule has 4 aliphatic rings. The molecule has 2 aromatic heterocycles. The highest BCUT2D eigenvalue weighted by atomic mass is 14.8. The molecule has 0 bridgehead atoms. The van der Waals surface area contributed by atoms with Crippen LogP contribution in [0, 0.1) is 5.92 Å². The number of pyridine rings is 2. The molecule has 0 saturated carbocycles. The molecule has 4 aliphatic carbocycles.